The van der Waals surface area contributed by atoms with Crippen LogP contribution in [-0.4, -0.2) is 27.0 Å². The number of hydrogen-bond acceptors (Lipinski definition) is 3. The number of nitrogens with zero attached hydrogens (tertiary/aromatic N) is 3. The van der Waals surface area contributed by atoms with E-state index in [0.29, 0.717) is 12.2 Å². The van der Waals surface area contributed by atoms with Crippen molar-refractivity contribution in [2.24, 2.45) is 7.05 Å². The summed E-state index contributed by atoms with van der Waals surface area (Å²) in [6, 6.07) is 8.65. The van der Waals surface area contributed by atoms with Crippen LogP contribution < -0.4 is 10.9 Å². The van der Waals surface area contributed by atoms with Crippen LogP contribution in [0.5, 0.6) is 0 Å². The Morgan fingerprint density at radius 1 is 1.32 bits per heavy atom. The Morgan fingerprint density at radius 3 is 2.91 bits per heavy atom. The van der Waals surface area contributed by atoms with Crippen molar-refractivity contribution in [1.29, 1.82) is 0 Å². The van der Waals surface area contributed by atoms with Gasteiger partial charge >= 0.3 is 6.03 Å². The van der Waals surface area contributed by atoms with E-state index in [1.165, 1.54) is 10.6 Å². The summed E-state index contributed by atoms with van der Waals surface area (Å²) in [6.07, 6.45) is 5.24. The molecule has 3 rings (SSSR count). The number of pyridine rings is 2. The molecule has 114 valence electrons. The summed E-state index contributed by atoms with van der Waals surface area (Å²) < 4.78 is 1.44. The largest absolute Gasteiger partial charge is 0.322 e. The summed E-state index contributed by atoms with van der Waals surface area (Å²) in [5, 5.41) is 2.85. The predicted octanol–water partition coefficient (Wildman–Crippen LogP) is 2.15. The third-order valence-corrected chi connectivity index (χ3v) is 3.88. The molecule has 22 heavy (non-hydrogen) atoms. The van der Waals surface area contributed by atoms with Gasteiger partial charge in [0.2, 0.25) is 5.56 Å². The van der Waals surface area contributed by atoms with Crippen LogP contribution in [0.15, 0.2) is 47.5 Å². The van der Waals surface area contributed by atoms with Gasteiger partial charge in [-0.25, -0.2) is 4.79 Å². The summed E-state index contributed by atoms with van der Waals surface area (Å²) in [6.45, 7) is 0.707. The van der Waals surface area contributed by atoms with Crippen molar-refractivity contribution in [2.75, 3.05) is 11.9 Å². The topological polar surface area (TPSA) is 67.2 Å². The van der Waals surface area contributed by atoms with Gasteiger partial charge in [0.15, 0.2) is 0 Å². The summed E-state index contributed by atoms with van der Waals surface area (Å²) in [5.41, 5.74) is 1.42. The zero-order valence-corrected chi connectivity index (χ0v) is 12.4. The second kappa shape index (κ2) is 6.01. The minimum atomic E-state index is -0.160. The molecule has 1 saturated heterocycles. The van der Waals surface area contributed by atoms with Gasteiger partial charge < -0.3 is 14.8 Å². The number of anilines is 1. The standard InChI is InChI=1S/C16H18N4O2/c1-19-11-12(7-8-15(19)21)18-16(22)20-10-4-6-14(20)13-5-2-3-9-17-13/h2-3,5,7-9,11,14H,4,6,10H2,1H3,(H,18,22)/t14-/m0/s1. The maximum Gasteiger partial charge on any atom is 0.322 e. The number of urea groups is 1. The monoisotopic (exact) mass is 298 g/mol. The van der Waals surface area contributed by atoms with Gasteiger partial charge in [-0.15, -0.1) is 0 Å². The van der Waals surface area contributed by atoms with Gasteiger partial charge in [0.05, 0.1) is 17.4 Å². The second-order valence-electron chi connectivity index (χ2n) is 5.40. The number of hydrogen-bond donors (Lipinski definition) is 1. The highest BCUT2D eigenvalue weighted by molar-refractivity contribution is 5.89. The number of likely N-dealkylation sites (tertiary alicyclic amines) is 1. The first kappa shape index (κ1) is 14.3. The molecule has 1 fully saturated rings. The van der Waals surface area contributed by atoms with E-state index in [4.69, 9.17) is 0 Å². The van der Waals surface area contributed by atoms with Gasteiger partial charge in [0.1, 0.15) is 0 Å². The number of nitrogens with one attached hydrogen (secondary N) is 1. The fourth-order valence-electron chi connectivity index (χ4n) is 2.75. The third-order valence-electron chi connectivity index (χ3n) is 3.88. The third kappa shape index (κ3) is 2.86. The second-order valence-corrected chi connectivity index (χ2v) is 5.40. The fourth-order valence-corrected chi connectivity index (χ4v) is 2.75. The predicted molar refractivity (Wildman–Crippen MR) is 83.6 cm³/mol. The Morgan fingerprint density at radius 2 is 2.18 bits per heavy atom. The van der Waals surface area contributed by atoms with Crippen LogP contribution in [0.4, 0.5) is 10.5 Å². The van der Waals surface area contributed by atoms with E-state index in [9.17, 15) is 9.59 Å². The van der Waals surface area contributed by atoms with Crippen molar-refractivity contribution in [1.82, 2.24) is 14.5 Å². The molecule has 0 spiro atoms. The van der Waals surface area contributed by atoms with E-state index >= 15 is 0 Å². The molecule has 0 aliphatic carbocycles. The zero-order valence-electron chi connectivity index (χ0n) is 12.4. The van der Waals surface area contributed by atoms with Crippen molar-refractivity contribution in [3.05, 3.63) is 58.8 Å². The molecule has 0 bridgehead atoms. The number of rotatable bonds is 2. The van der Waals surface area contributed by atoms with E-state index in [1.54, 1.807) is 30.4 Å². The normalized spacial score (nSPS) is 17.5. The molecule has 1 atom stereocenters. The number of carbonyl (C=O) groups excluding carboxylic acids is 1. The number of aryl methyl sites for hydroxylation is 1. The summed E-state index contributed by atoms with van der Waals surface area (Å²) in [7, 11) is 1.66. The first-order chi connectivity index (χ1) is 10.6. The molecule has 1 N–H and O–H groups in total. The molecule has 1 aliphatic rings. The summed E-state index contributed by atoms with van der Waals surface area (Å²) >= 11 is 0. The number of aromatic nitrogens is 2. The van der Waals surface area contributed by atoms with Gasteiger partial charge in [-0.05, 0) is 31.0 Å². The van der Waals surface area contributed by atoms with Crippen molar-refractivity contribution < 1.29 is 4.79 Å². The van der Waals surface area contributed by atoms with Gasteiger partial charge in [-0.3, -0.25) is 9.78 Å². The molecule has 6 nitrogen and oxygen atoms in total. The van der Waals surface area contributed by atoms with Gasteiger partial charge in [0, 0.05) is 32.1 Å². The molecule has 0 radical (unpaired) electrons. The maximum absolute atomic E-state index is 12.5. The lowest BCUT2D eigenvalue weighted by Crippen LogP contribution is -2.35. The summed E-state index contributed by atoms with van der Waals surface area (Å²) in [5.74, 6) is 0. The summed E-state index contributed by atoms with van der Waals surface area (Å²) in [4.78, 5) is 30.0. The average molecular weight is 298 g/mol. The quantitative estimate of drug-likeness (QED) is 0.923. The highest BCUT2D eigenvalue weighted by atomic mass is 16.2. The van der Waals surface area contributed by atoms with Gasteiger partial charge in [-0.2, -0.15) is 0 Å². The zero-order chi connectivity index (χ0) is 15.5. The molecule has 0 unspecified atom stereocenters. The van der Waals surface area contributed by atoms with Crippen LogP contribution in [0.1, 0.15) is 24.6 Å². The van der Waals surface area contributed by atoms with E-state index in [1.807, 2.05) is 18.2 Å². The lowest BCUT2D eigenvalue weighted by atomic mass is 10.1. The Bertz CT molecular complexity index is 726. The molecule has 2 amide bonds. The van der Waals surface area contributed by atoms with Crippen LogP contribution in [-0.2, 0) is 7.05 Å². The van der Waals surface area contributed by atoms with Crippen LogP contribution >= 0.6 is 0 Å². The van der Waals surface area contributed by atoms with E-state index in [0.717, 1.165) is 18.5 Å². The average Bonchev–Trinajstić information content (AvgIpc) is 3.01. The van der Waals surface area contributed by atoms with E-state index < -0.39 is 0 Å². The fraction of sp³-hybridized carbons (Fsp3) is 0.312. The molecular weight excluding hydrogens is 280 g/mol. The highest BCUT2D eigenvalue weighted by Crippen LogP contribution is 2.30. The van der Waals surface area contributed by atoms with E-state index in [-0.39, 0.29) is 17.6 Å². The first-order valence-electron chi connectivity index (χ1n) is 7.30. The highest BCUT2D eigenvalue weighted by Gasteiger charge is 2.30. The Hall–Kier alpha value is -2.63. The van der Waals surface area contributed by atoms with Crippen LogP contribution in [0.25, 0.3) is 0 Å². The molecule has 3 heterocycles. The lowest BCUT2D eigenvalue weighted by molar-refractivity contribution is 0.206. The lowest BCUT2D eigenvalue weighted by Gasteiger charge is -2.24. The molecule has 6 heteroatoms. The minimum Gasteiger partial charge on any atom is -0.317 e. The van der Waals surface area contributed by atoms with E-state index in [2.05, 4.69) is 10.3 Å². The van der Waals surface area contributed by atoms with Gasteiger partial charge in [-0.1, -0.05) is 6.07 Å². The van der Waals surface area contributed by atoms with Crippen molar-refractivity contribution in [3.8, 4) is 0 Å². The van der Waals surface area contributed by atoms with Crippen molar-refractivity contribution in [2.45, 2.75) is 18.9 Å². The Labute approximate surface area is 128 Å². The minimum absolute atomic E-state index is 0.00808. The van der Waals surface area contributed by atoms with Crippen molar-refractivity contribution >= 4 is 11.7 Å². The Balaban J connectivity index is 1.76. The molecular formula is C16H18N4O2. The smallest absolute Gasteiger partial charge is 0.317 e. The molecule has 0 aromatic carbocycles. The van der Waals surface area contributed by atoms with Crippen LogP contribution in [0.3, 0.4) is 0 Å². The van der Waals surface area contributed by atoms with Gasteiger partial charge in [0.25, 0.3) is 0 Å². The Kier molecular flexibility index (Phi) is 3.91. The first-order valence-corrected chi connectivity index (χ1v) is 7.30. The molecule has 2 aromatic heterocycles. The molecule has 1 aliphatic heterocycles. The molecule has 0 saturated carbocycles. The number of amides is 2. The SMILES string of the molecule is Cn1cc(NC(=O)N2CCC[C@H]2c2ccccn2)ccc1=O. The van der Waals surface area contributed by atoms with Crippen LogP contribution in [0, 0.1) is 0 Å². The molecule has 2 aromatic rings. The number of carbonyl (C=O) groups is 1. The van der Waals surface area contributed by atoms with Crippen LogP contribution in [0.2, 0.25) is 0 Å². The van der Waals surface area contributed by atoms with Crippen molar-refractivity contribution in [3.63, 3.8) is 0 Å². The maximum atomic E-state index is 12.5.